The van der Waals surface area contributed by atoms with Crippen molar-refractivity contribution in [2.45, 2.75) is 64.8 Å². The van der Waals surface area contributed by atoms with E-state index in [9.17, 15) is 14.9 Å². The topological polar surface area (TPSA) is 92.1 Å². The van der Waals surface area contributed by atoms with E-state index >= 15 is 0 Å². The van der Waals surface area contributed by atoms with E-state index in [0.29, 0.717) is 25.2 Å². The van der Waals surface area contributed by atoms with Crippen molar-refractivity contribution in [3.63, 3.8) is 0 Å². The molecule has 0 unspecified atom stereocenters. The van der Waals surface area contributed by atoms with E-state index in [1.807, 2.05) is 74.0 Å². The number of anilines is 2. The van der Waals surface area contributed by atoms with Gasteiger partial charge in [-0.05, 0) is 70.4 Å². The van der Waals surface area contributed by atoms with Gasteiger partial charge in [-0.25, -0.2) is 9.59 Å². The van der Waals surface area contributed by atoms with Crippen LogP contribution in [0.15, 0.2) is 48.5 Å². The highest BCUT2D eigenvalue weighted by atomic mass is 16.6. The van der Waals surface area contributed by atoms with Gasteiger partial charge in [0.15, 0.2) is 0 Å². The van der Waals surface area contributed by atoms with Gasteiger partial charge in [0.1, 0.15) is 11.7 Å². The van der Waals surface area contributed by atoms with Crippen LogP contribution in [0.4, 0.5) is 21.0 Å². The minimum absolute atomic E-state index is 0.00397. The molecule has 1 atom stereocenters. The second-order valence-electron chi connectivity index (χ2n) is 11.8. The predicted octanol–water partition coefficient (Wildman–Crippen LogP) is 5.13. The van der Waals surface area contributed by atoms with Gasteiger partial charge < -0.3 is 19.9 Å². The second kappa shape index (κ2) is 12.6. The third kappa shape index (κ3) is 7.45. The first-order valence-corrected chi connectivity index (χ1v) is 14.1. The molecule has 2 saturated heterocycles. The van der Waals surface area contributed by atoms with E-state index in [-0.39, 0.29) is 24.2 Å². The van der Waals surface area contributed by atoms with Gasteiger partial charge in [0, 0.05) is 64.1 Å². The van der Waals surface area contributed by atoms with Crippen LogP contribution >= 0.6 is 0 Å². The Hall–Kier alpha value is -3.77. The zero-order chi connectivity index (χ0) is 28.9. The Labute approximate surface area is 238 Å². The van der Waals surface area contributed by atoms with Crippen LogP contribution in [0.2, 0.25) is 0 Å². The average molecular weight is 547 g/mol. The molecule has 2 fully saturated rings. The maximum absolute atomic E-state index is 13.2. The minimum Gasteiger partial charge on any atom is -0.444 e. The van der Waals surface area contributed by atoms with Crippen molar-refractivity contribution in [2.75, 3.05) is 50.0 Å². The first-order valence-electron chi connectivity index (χ1n) is 14.1. The van der Waals surface area contributed by atoms with Gasteiger partial charge >= 0.3 is 12.1 Å². The number of para-hydroxylation sites is 1. The van der Waals surface area contributed by atoms with Crippen LogP contribution in [-0.2, 0) is 11.3 Å². The van der Waals surface area contributed by atoms with Gasteiger partial charge in [0.05, 0.1) is 11.3 Å². The summed E-state index contributed by atoms with van der Waals surface area (Å²) >= 11 is 0. The lowest BCUT2D eigenvalue weighted by Gasteiger charge is -2.40. The standard InChI is InChI=1S/C31H42N6O3/c1-23-21-35(18-19-37(23)30(39)40-31(2,3)4)22-24-10-12-27(13-11-24)34(5)29(38)36-16-14-26(15-17-36)33-28-9-7-6-8-25(28)20-32/h6-13,23,26,33H,14-19,21-22H2,1-5H3/t23-/m0/s1. The number of hydrogen-bond donors (Lipinski definition) is 1. The van der Waals surface area contributed by atoms with Crippen LogP contribution in [0.1, 0.15) is 51.7 Å². The maximum Gasteiger partial charge on any atom is 0.410 e. The fourth-order valence-corrected chi connectivity index (χ4v) is 5.32. The Kier molecular flexibility index (Phi) is 9.21. The van der Waals surface area contributed by atoms with Crippen molar-refractivity contribution < 1.29 is 14.3 Å². The van der Waals surface area contributed by atoms with Crippen LogP contribution in [0.3, 0.4) is 0 Å². The molecule has 3 amide bonds. The summed E-state index contributed by atoms with van der Waals surface area (Å²) in [4.78, 5) is 33.5. The molecule has 0 aliphatic carbocycles. The lowest BCUT2D eigenvalue weighted by atomic mass is 10.0. The highest BCUT2D eigenvalue weighted by molar-refractivity contribution is 5.91. The van der Waals surface area contributed by atoms with Crippen molar-refractivity contribution in [3.8, 4) is 6.07 Å². The molecule has 40 heavy (non-hydrogen) atoms. The summed E-state index contributed by atoms with van der Waals surface area (Å²) in [5, 5.41) is 12.8. The monoisotopic (exact) mass is 546 g/mol. The van der Waals surface area contributed by atoms with Crippen LogP contribution < -0.4 is 10.2 Å². The highest BCUT2D eigenvalue weighted by Gasteiger charge is 2.31. The quantitative estimate of drug-likeness (QED) is 0.559. The molecule has 2 aliphatic rings. The predicted molar refractivity (Wildman–Crippen MR) is 157 cm³/mol. The number of urea groups is 1. The van der Waals surface area contributed by atoms with E-state index in [2.05, 4.69) is 35.3 Å². The zero-order valence-corrected chi connectivity index (χ0v) is 24.4. The SMILES string of the molecule is C[C@H]1CN(Cc2ccc(N(C)C(=O)N3CCC(Nc4ccccc4C#N)CC3)cc2)CCN1C(=O)OC(C)(C)C. The third-order valence-electron chi connectivity index (χ3n) is 7.53. The summed E-state index contributed by atoms with van der Waals surface area (Å²) in [6.07, 6.45) is 1.41. The van der Waals surface area contributed by atoms with E-state index in [1.54, 1.807) is 4.90 Å². The molecule has 9 heteroatoms. The van der Waals surface area contributed by atoms with Crippen LogP contribution in [-0.4, -0.2) is 84.3 Å². The van der Waals surface area contributed by atoms with Crippen LogP contribution in [0, 0.1) is 11.3 Å². The number of ether oxygens (including phenoxy) is 1. The molecule has 2 aliphatic heterocycles. The number of likely N-dealkylation sites (tertiary alicyclic amines) is 1. The summed E-state index contributed by atoms with van der Waals surface area (Å²) in [6.45, 7) is 12.1. The number of piperazine rings is 1. The zero-order valence-electron chi connectivity index (χ0n) is 24.4. The highest BCUT2D eigenvalue weighted by Crippen LogP contribution is 2.23. The van der Waals surface area contributed by atoms with Gasteiger partial charge in [0.25, 0.3) is 0 Å². The largest absolute Gasteiger partial charge is 0.444 e. The average Bonchev–Trinajstić information content (AvgIpc) is 2.92. The molecule has 4 rings (SSSR count). The second-order valence-corrected chi connectivity index (χ2v) is 11.8. The molecule has 214 valence electrons. The Morgan fingerprint density at radius 1 is 1.05 bits per heavy atom. The number of piperidine rings is 1. The molecule has 2 aromatic carbocycles. The number of nitrogens with zero attached hydrogens (tertiary/aromatic N) is 5. The fraction of sp³-hybridized carbons (Fsp3) is 0.516. The van der Waals surface area contributed by atoms with Gasteiger partial charge in [-0.15, -0.1) is 0 Å². The number of rotatable bonds is 5. The normalized spacial score (nSPS) is 18.6. The Balaban J connectivity index is 1.25. The molecule has 2 aromatic rings. The molecule has 9 nitrogen and oxygen atoms in total. The first kappa shape index (κ1) is 29.2. The minimum atomic E-state index is -0.497. The lowest BCUT2D eigenvalue weighted by molar-refractivity contribution is 0.000555. The van der Waals surface area contributed by atoms with Crippen molar-refractivity contribution >= 4 is 23.5 Å². The van der Waals surface area contributed by atoms with Crippen LogP contribution in [0.25, 0.3) is 0 Å². The smallest absolute Gasteiger partial charge is 0.410 e. The molecular weight excluding hydrogens is 504 g/mol. The van der Waals surface area contributed by atoms with Crippen molar-refractivity contribution in [1.29, 1.82) is 5.26 Å². The summed E-state index contributed by atoms with van der Waals surface area (Å²) in [5.74, 6) is 0. The fourth-order valence-electron chi connectivity index (χ4n) is 5.32. The molecule has 0 radical (unpaired) electrons. The van der Waals surface area contributed by atoms with Gasteiger partial charge in [-0.2, -0.15) is 5.26 Å². The van der Waals surface area contributed by atoms with E-state index in [0.717, 1.165) is 43.9 Å². The Morgan fingerprint density at radius 2 is 1.73 bits per heavy atom. The van der Waals surface area contributed by atoms with Crippen LogP contribution in [0.5, 0.6) is 0 Å². The number of nitrogens with one attached hydrogen (secondary N) is 1. The lowest BCUT2D eigenvalue weighted by Crippen LogP contribution is -2.54. The third-order valence-corrected chi connectivity index (χ3v) is 7.53. The number of hydrogen-bond acceptors (Lipinski definition) is 6. The van der Waals surface area contributed by atoms with Crippen molar-refractivity contribution in [2.24, 2.45) is 0 Å². The summed E-state index contributed by atoms with van der Waals surface area (Å²) < 4.78 is 5.56. The van der Waals surface area contributed by atoms with Crippen molar-refractivity contribution in [3.05, 3.63) is 59.7 Å². The van der Waals surface area contributed by atoms with Gasteiger partial charge in [-0.3, -0.25) is 9.80 Å². The molecular formula is C31H42N6O3. The Morgan fingerprint density at radius 3 is 2.35 bits per heavy atom. The maximum atomic E-state index is 13.2. The van der Waals surface area contributed by atoms with Crippen molar-refractivity contribution in [1.82, 2.24) is 14.7 Å². The molecule has 0 bridgehead atoms. The summed E-state index contributed by atoms with van der Waals surface area (Å²) in [6, 6.07) is 18.2. The van der Waals surface area contributed by atoms with E-state index in [4.69, 9.17) is 4.74 Å². The van der Waals surface area contributed by atoms with E-state index in [1.165, 1.54) is 5.56 Å². The number of amides is 3. The molecule has 2 heterocycles. The first-order chi connectivity index (χ1) is 19.0. The number of nitriles is 1. The number of carbonyl (C=O) groups excluding carboxylic acids is 2. The molecule has 1 N–H and O–H groups in total. The molecule has 0 spiro atoms. The van der Waals surface area contributed by atoms with Gasteiger partial charge in [0.2, 0.25) is 0 Å². The van der Waals surface area contributed by atoms with E-state index < -0.39 is 5.60 Å². The molecule has 0 saturated carbocycles. The number of carbonyl (C=O) groups is 2. The summed E-state index contributed by atoms with van der Waals surface area (Å²) in [7, 11) is 1.82. The number of benzene rings is 2. The Bertz CT molecular complexity index is 1210. The summed E-state index contributed by atoms with van der Waals surface area (Å²) in [5.41, 5.74) is 3.03. The van der Waals surface area contributed by atoms with Gasteiger partial charge in [-0.1, -0.05) is 24.3 Å². The molecule has 0 aromatic heterocycles.